The van der Waals surface area contributed by atoms with E-state index in [4.69, 9.17) is 4.74 Å². The molecule has 1 N–H and O–H groups in total. The molecule has 2 aromatic rings. The fourth-order valence-corrected chi connectivity index (χ4v) is 3.05. The highest BCUT2D eigenvalue weighted by molar-refractivity contribution is 7.13. The minimum absolute atomic E-state index is 0.0701. The highest BCUT2D eigenvalue weighted by Gasteiger charge is 2.25. The van der Waals surface area contributed by atoms with Crippen molar-refractivity contribution in [2.75, 3.05) is 24.6 Å². The lowest BCUT2D eigenvalue weighted by Gasteiger charge is -2.16. The number of nitrogens with one attached hydrogen (secondary N) is 1. The number of hydrogen-bond acceptors (Lipinski definition) is 5. The summed E-state index contributed by atoms with van der Waals surface area (Å²) in [6.07, 6.45) is 2.67. The van der Waals surface area contributed by atoms with Crippen molar-refractivity contribution in [2.45, 2.75) is 12.5 Å². The van der Waals surface area contributed by atoms with E-state index in [1.165, 1.54) is 24.3 Å². The molecule has 1 saturated heterocycles. The monoisotopic (exact) mass is 321 g/mol. The largest absolute Gasteiger partial charge is 0.484 e. The van der Waals surface area contributed by atoms with Crippen molar-refractivity contribution in [1.29, 1.82) is 0 Å². The molecule has 1 fully saturated rings. The predicted molar refractivity (Wildman–Crippen MR) is 82.8 cm³/mol. The molecule has 3 rings (SSSR count). The summed E-state index contributed by atoms with van der Waals surface area (Å²) < 4.78 is 18.1. The summed E-state index contributed by atoms with van der Waals surface area (Å²) in [7, 11) is 0. The second-order valence-corrected chi connectivity index (χ2v) is 5.93. The van der Waals surface area contributed by atoms with Gasteiger partial charge in [0.1, 0.15) is 11.6 Å². The average Bonchev–Trinajstić information content (AvgIpc) is 3.17. The van der Waals surface area contributed by atoms with Crippen LogP contribution >= 0.6 is 11.3 Å². The van der Waals surface area contributed by atoms with Gasteiger partial charge >= 0.3 is 0 Å². The number of benzene rings is 1. The van der Waals surface area contributed by atoms with Crippen molar-refractivity contribution in [3.63, 3.8) is 0 Å². The Labute approximate surface area is 131 Å². The third-order valence-corrected chi connectivity index (χ3v) is 4.26. The maximum absolute atomic E-state index is 12.8. The Balaban J connectivity index is 1.43. The van der Waals surface area contributed by atoms with Gasteiger partial charge in [0.2, 0.25) is 0 Å². The standard InChI is InChI=1S/C15H16FN3O2S/c16-11-1-3-13(4-2-11)21-10-14(20)18-12-5-7-19(9-12)15-17-6-8-22-15/h1-4,6,8,12H,5,7,9-10H2,(H,18,20). The molecule has 1 aliphatic rings. The van der Waals surface area contributed by atoms with Gasteiger partial charge in [-0.15, -0.1) is 11.3 Å². The first-order valence-corrected chi connectivity index (χ1v) is 7.91. The van der Waals surface area contributed by atoms with Crippen LogP contribution in [0.3, 0.4) is 0 Å². The van der Waals surface area contributed by atoms with Gasteiger partial charge in [-0.1, -0.05) is 0 Å². The van der Waals surface area contributed by atoms with E-state index in [0.29, 0.717) is 5.75 Å². The van der Waals surface area contributed by atoms with Crippen LogP contribution in [0.1, 0.15) is 6.42 Å². The molecule has 0 aliphatic carbocycles. The van der Waals surface area contributed by atoms with Crippen LogP contribution in [-0.4, -0.2) is 36.6 Å². The normalized spacial score (nSPS) is 17.5. The van der Waals surface area contributed by atoms with E-state index in [9.17, 15) is 9.18 Å². The molecule has 1 amide bonds. The zero-order valence-corrected chi connectivity index (χ0v) is 12.7. The molecule has 116 valence electrons. The molecule has 1 unspecified atom stereocenters. The molecule has 1 atom stereocenters. The third-order valence-electron chi connectivity index (χ3n) is 3.43. The number of carbonyl (C=O) groups excluding carboxylic acids is 1. The van der Waals surface area contributed by atoms with Crippen molar-refractivity contribution in [1.82, 2.24) is 10.3 Å². The number of nitrogens with zero attached hydrogens (tertiary/aromatic N) is 2. The minimum Gasteiger partial charge on any atom is -0.484 e. The van der Waals surface area contributed by atoms with Crippen LogP contribution in [0.15, 0.2) is 35.8 Å². The summed E-state index contributed by atoms with van der Waals surface area (Å²) in [4.78, 5) is 18.3. The first kappa shape index (κ1) is 14.8. The maximum Gasteiger partial charge on any atom is 0.258 e. The summed E-state index contributed by atoms with van der Waals surface area (Å²) in [5, 5.41) is 5.88. The Hall–Kier alpha value is -2.15. The number of amides is 1. The van der Waals surface area contributed by atoms with Crippen molar-refractivity contribution in [2.24, 2.45) is 0 Å². The zero-order chi connectivity index (χ0) is 15.4. The number of aromatic nitrogens is 1. The molecule has 0 spiro atoms. The summed E-state index contributed by atoms with van der Waals surface area (Å²) in [6, 6.07) is 5.71. The lowest BCUT2D eigenvalue weighted by molar-refractivity contribution is -0.123. The molecule has 7 heteroatoms. The van der Waals surface area contributed by atoms with Crippen LogP contribution in [0.2, 0.25) is 0 Å². The van der Waals surface area contributed by atoms with Gasteiger partial charge in [-0.25, -0.2) is 9.37 Å². The molecule has 0 saturated carbocycles. The number of carbonyl (C=O) groups is 1. The molecule has 5 nitrogen and oxygen atoms in total. The molecule has 22 heavy (non-hydrogen) atoms. The van der Waals surface area contributed by atoms with E-state index in [1.807, 2.05) is 5.38 Å². The van der Waals surface area contributed by atoms with E-state index in [0.717, 1.165) is 24.6 Å². The summed E-state index contributed by atoms with van der Waals surface area (Å²) >= 11 is 1.60. The SMILES string of the molecule is O=C(COc1ccc(F)cc1)NC1CCN(c2nccs2)C1. The summed E-state index contributed by atoms with van der Waals surface area (Å²) in [6.45, 7) is 1.58. The number of hydrogen-bond donors (Lipinski definition) is 1. The number of halogens is 1. The van der Waals surface area contributed by atoms with E-state index in [1.54, 1.807) is 17.5 Å². The Morgan fingerprint density at radius 1 is 1.45 bits per heavy atom. The Morgan fingerprint density at radius 3 is 3.00 bits per heavy atom. The first-order chi connectivity index (χ1) is 10.7. The average molecular weight is 321 g/mol. The molecular formula is C15H16FN3O2S. The van der Waals surface area contributed by atoms with Crippen molar-refractivity contribution >= 4 is 22.4 Å². The van der Waals surface area contributed by atoms with Crippen LogP contribution in [0.25, 0.3) is 0 Å². The smallest absolute Gasteiger partial charge is 0.258 e. The Kier molecular flexibility index (Phi) is 4.53. The molecular weight excluding hydrogens is 305 g/mol. The van der Waals surface area contributed by atoms with Gasteiger partial charge in [-0.2, -0.15) is 0 Å². The molecule has 0 bridgehead atoms. The van der Waals surface area contributed by atoms with Gasteiger partial charge < -0.3 is 15.0 Å². The van der Waals surface area contributed by atoms with Crippen LogP contribution < -0.4 is 15.0 Å². The van der Waals surface area contributed by atoms with Crippen LogP contribution in [0.4, 0.5) is 9.52 Å². The van der Waals surface area contributed by atoms with Gasteiger partial charge in [0.15, 0.2) is 11.7 Å². The highest BCUT2D eigenvalue weighted by Crippen LogP contribution is 2.22. The number of rotatable bonds is 5. The zero-order valence-electron chi connectivity index (χ0n) is 11.9. The predicted octanol–water partition coefficient (Wildman–Crippen LogP) is 2.06. The van der Waals surface area contributed by atoms with Crippen molar-refractivity contribution in [3.05, 3.63) is 41.7 Å². The molecule has 2 heterocycles. The number of anilines is 1. The van der Waals surface area contributed by atoms with E-state index >= 15 is 0 Å². The Morgan fingerprint density at radius 2 is 2.27 bits per heavy atom. The van der Waals surface area contributed by atoms with Gasteiger partial charge in [0, 0.05) is 30.7 Å². The van der Waals surface area contributed by atoms with E-state index < -0.39 is 0 Å². The fourth-order valence-electron chi connectivity index (χ4n) is 2.37. The van der Waals surface area contributed by atoms with Crippen LogP contribution in [0.5, 0.6) is 5.75 Å². The van der Waals surface area contributed by atoms with Crippen molar-refractivity contribution in [3.8, 4) is 5.75 Å². The number of thiazole rings is 1. The second-order valence-electron chi connectivity index (χ2n) is 5.06. The fraction of sp³-hybridized carbons (Fsp3) is 0.333. The quantitative estimate of drug-likeness (QED) is 0.916. The second kappa shape index (κ2) is 6.74. The molecule has 1 aromatic heterocycles. The summed E-state index contributed by atoms with van der Waals surface area (Å²) in [5.41, 5.74) is 0. The molecule has 1 aromatic carbocycles. The lowest BCUT2D eigenvalue weighted by atomic mass is 10.2. The molecule has 0 radical (unpaired) electrons. The first-order valence-electron chi connectivity index (χ1n) is 7.03. The lowest BCUT2D eigenvalue weighted by Crippen LogP contribution is -2.39. The highest BCUT2D eigenvalue weighted by atomic mass is 32.1. The molecule has 1 aliphatic heterocycles. The van der Waals surface area contributed by atoms with Gasteiger partial charge in [0.05, 0.1) is 0 Å². The topological polar surface area (TPSA) is 54.5 Å². The van der Waals surface area contributed by atoms with Crippen molar-refractivity contribution < 1.29 is 13.9 Å². The third kappa shape index (κ3) is 3.73. The van der Waals surface area contributed by atoms with Gasteiger partial charge in [-0.3, -0.25) is 4.79 Å². The van der Waals surface area contributed by atoms with Crippen LogP contribution in [-0.2, 0) is 4.79 Å². The van der Waals surface area contributed by atoms with Gasteiger partial charge in [0.25, 0.3) is 5.91 Å². The summed E-state index contributed by atoms with van der Waals surface area (Å²) in [5.74, 6) is -0.0206. The van der Waals surface area contributed by atoms with Crippen LogP contribution in [0, 0.1) is 5.82 Å². The Bertz CT molecular complexity index is 618. The maximum atomic E-state index is 12.8. The van der Waals surface area contributed by atoms with E-state index in [-0.39, 0.29) is 24.4 Å². The minimum atomic E-state index is -0.329. The van der Waals surface area contributed by atoms with E-state index in [2.05, 4.69) is 15.2 Å². The number of ether oxygens (including phenoxy) is 1. The van der Waals surface area contributed by atoms with Gasteiger partial charge in [-0.05, 0) is 30.7 Å².